The highest BCUT2D eigenvalue weighted by atomic mass is 33.1. The molecule has 1 heterocycles. The Bertz CT molecular complexity index is 873. The molecule has 0 aliphatic heterocycles. The fraction of sp³-hybridized carbons (Fsp3) is 0.350. The first kappa shape index (κ1) is 21.8. The summed E-state index contributed by atoms with van der Waals surface area (Å²) in [4.78, 5) is 6.01. The standard InChI is InChI=1S/C20H25NO3S3Si/c1-15-11-12-18(16(14-15)8-7-13-28(22-2,23-3)24-4)26-27-20-21-17-9-5-6-10-19(17)25-20/h5-6,9-12,14H,7-8,13H2,1-4H3. The van der Waals surface area contributed by atoms with E-state index >= 15 is 0 Å². The van der Waals surface area contributed by atoms with E-state index in [2.05, 4.69) is 43.3 Å². The van der Waals surface area contributed by atoms with Crippen LogP contribution in [0.25, 0.3) is 10.2 Å². The van der Waals surface area contributed by atoms with Gasteiger partial charge in [-0.2, -0.15) is 0 Å². The molecule has 0 bridgehead atoms. The van der Waals surface area contributed by atoms with Crippen molar-refractivity contribution in [3.8, 4) is 0 Å². The highest BCUT2D eigenvalue weighted by Crippen LogP contribution is 2.42. The number of aromatic nitrogens is 1. The van der Waals surface area contributed by atoms with E-state index in [1.807, 2.05) is 6.07 Å². The van der Waals surface area contributed by atoms with Gasteiger partial charge in [0.2, 0.25) is 0 Å². The van der Waals surface area contributed by atoms with Gasteiger partial charge in [-0.05, 0) is 65.1 Å². The fourth-order valence-corrected chi connectivity index (χ4v) is 8.21. The molecule has 4 nitrogen and oxygen atoms in total. The number of para-hydroxylation sites is 1. The quantitative estimate of drug-likeness (QED) is 0.269. The lowest BCUT2D eigenvalue weighted by atomic mass is 10.1. The van der Waals surface area contributed by atoms with Crippen molar-refractivity contribution in [2.24, 2.45) is 0 Å². The van der Waals surface area contributed by atoms with E-state index in [4.69, 9.17) is 18.3 Å². The third-order valence-corrected chi connectivity index (χ3v) is 11.2. The van der Waals surface area contributed by atoms with Gasteiger partial charge < -0.3 is 13.3 Å². The molecule has 3 aromatic rings. The van der Waals surface area contributed by atoms with Gasteiger partial charge in [0, 0.05) is 32.3 Å². The minimum Gasteiger partial charge on any atom is -0.377 e. The van der Waals surface area contributed by atoms with Crippen molar-refractivity contribution in [3.05, 3.63) is 53.6 Å². The third kappa shape index (κ3) is 5.38. The van der Waals surface area contributed by atoms with Crippen LogP contribution in [0.5, 0.6) is 0 Å². The molecule has 1 aromatic heterocycles. The molecular formula is C20H25NO3S3Si. The first-order chi connectivity index (χ1) is 13.6. The van der Waals surface area contributed by atoms with Gasteiger partial charge in [-0.3, -0.25) is 0 Å². The molecule has 8 heteroatoms. The summed E-state index contributed by atoms with van der Waals surface area (Å²) in [7, 11) is 6.00. The van der Waals surface area contributed by atoms with E-state index in [9.17, 15) is 0 Å². The Labute approximate surface area is 179 Å². The zero-order valence-electron chi connectivity index (χ0n) is 16.6. The lowest BCUT2D eigenvalue weighted by Gasteiger charge is -2.24. The predicted octanol–water partition coefficient (Wildman–Crippen LogP) is 6.21. The van der Waals surface area contributed by atoms with Crippen molar-refractivity contribution in [2.75, 3.05) is 21.3 Å². The minimum atomic E-state index is -2.51. The lowest BCUT2D eigenvalue weighted by molar-refractivity contribution is 0.123. The summed E-state index contributed by atoms with van der Waals surface area (Å²) >= 11 is 1.74. The Morgan fingerprint density at radius 3 is 2.46 bits per heavy atom. The maximum Gasteiger partial charge on any atom is 0.500 e. The molecular weight excluding hydrogens is 427 g/mol. The first-order valence-electron chi connectivity index (χ1n) is 9.04. The van der Waals surface area contributed by atoms with Gasteiger partial charge in [-0.25, -0.2) is 4.98 Å². The van der Waals surface area contributed by atoms with Crippen LogP contribution < -0.4 is 0 Å². The minimum absolute atomic E-state index is 0.805. The van der Waals surface area contributed by atoms with Crippen LogP contribution >= 0.6 is 32.9 Å². The monoisotopic (exact) mass is 451 g/mol. The SMILES string of the molecule is CO[Si](CCCc1cc(C)ccc1SSc1nc2ccccc2s1)(OC)OC. The summed E-state index contributed by atoms with van der Waals surface area (Å²) in [6, 6.07) is 15.7. The van der Waals surface area contributed by atoms with Crippen LogP contribution in [-0.2, 0) is 19.7 Å². The Morgan fingerprint density at radius 2 is 1.75 bits per heavy atom. The second-order valence-corrected chi connectivity index (χ2v) is 12.9. The number of hydrogen-bond acceptors (Lipinski definition) is 7. The number of fused-ring (bicyclic) bond motifs is 1. The van der Waals surface area contributed by atoms with Gasteiger partial charge in [-0.1, -0.05) is 29.8 Å². The summed E-state index contributed by atoms with van der Waals surface area (Å²) in [5.41, 5.74) is 3.70. The van der Waals surface area contributed by atoms with Gasteiger partial charge in [0.1, 0.15) is 0 Å². The van der Waals surface area contributed by atoms with Gasteiger partial charge in [0.15, 0.2) is 4.34 Å². The smallest absolute Gasteiger partial charge is 0.377 e. The Hall–Kier alpha value is -0.873. The Balaban J connectivity index is 1.66. The van der Waals surface area contributed by atoms with Crippen molar-refractivity contribution < 1.29 is 13.3 Å². The number of nitrogens with zero attached hydrogens (tertiary/aromatic N) is 1. The molecule has 28 heavy (non-hydrogen) atoms. The zero-order valence-corrected chi connectivity index (χ0v) is 20.0. The van der Waals surface area contributed by atoms with E-state index in [1.165, 1.54) is 20.7 Å². The number of hydrogen-bond donors (Lipinski definition) is 0. The van der Waals surface area contributed by atoms with E-state index in [0.717, 1.165) is 28.7 Å². The lowest BCUT2D eigenvalue weighted by Crippen LogP contribution is -2.42. The molecule has 150 valence electrons. The molecule has 0 amide bonds. The average Bonchev–Trinajstić information content (AvgIpc) is 3.14. The molecule has 0 radical (unpaired) electrons. The molecule has 0 spiro atoms. The van der Waals surface area contributed by atoms with Crippen molar-refractivity contribution in [1.29, 1.82) is 0 Å². The molecule has 0 N–H and O–H groups in total. The van der Waals surface area contributed by atoms with E-state index in [0.29, 0.717) is 0 Å². The summed E-state index contributed by atoms with van der Waals surface area (Å²) in [5, 5.41) is 0. The van der Waals surface area contributed by atoms with Gasteiger partial charge in [-0.15, -0.1) is 11.3 Å². The van der Waals surface area contributed by atoms with Crippen LogP contribution in [-0.4, -0.2) is 35.1 Å². The zero-order chi connectivity index (χ0) is 20.0. The predicted molar refractivity (Wildman–Crippen MR) is 122 cm³/mol. The van der Waals surface area contributed by atoms with Gasteiger partial charge >= 0.3 is 8.80 Å². The topological polar surface area (TPSA) is 40.6 Å². The van der Waals surface area contributed by atoms with Crippen LogP contribution in [0.3, 0.4) is 0 Å². The van der Waals surface area contributed by atoms with Crippen molar-refractivity contribution in [2.45, 2.75) is 35.0 Å². The number of thiazole rings is 1. The molecule has 0 atom stereocenters. The van der Waals surface area contributed by atoms with Crippen molar-refractivity contribution in [1.82, 2.24) is 4.98 Å². The molecule has 0 aliphatic rings. The molecule has 0 fully saturated rings. The summed E-state index contributed by atoms with van der Waals surface area (Å²) < 4.78 is 18.9. The third-order valence-electron chi connectivity index (χ3n) is 4.56. The van der Waals surface area contributed by atoms with Crippen molar-refractivity contribution in [3.63, 3.8) is 0 Å². The number of aryl methyl sites for hydroxylation is 2. The van der Waals surface area contributed by atoms with Crippen LogP contribution in [0.15, 0.2) is 51.7 Å². The summed E-state index contributed by atoms with van der Waals surface area (Å²) in [6.07, 6.45) is 1.93. The van der Waals surface area contributed by atoms with Crippen LogP contribution in [0.1, 0.15) is 17.5 Å². The van der Waals surface area contributed by atoms with Crippen LogP contribution in [0.2, 0.25) is 6.04 Å². The largest absolute Gasteiger partial charge is 0.500 e. The normalized spacial score (nSPS) is 12.0. The highest BCUT2D eigenvalue weighted by molar-refractivity contribution is 8.77. The summed E-state index contributed by atoms with van der Waals surface area (Å²) in [5.74, 6) is 0. The average molecular weight is 452 g/mol. The van der Waals surface area contributed by atoms with Crippen LogP contribution in [0.4, 0.5) is 0 Å². The fourth-order valence-electron chi connectivity index (χ4n) is 3.00. The second-order valence-electron chi connectivity index (χ2n) is 6.37. The summed E-state index contributed by atoms with van der Waals surface area (Å²) in [6.45, 7) is 2.14. The van der Waals surface area contributed by atoms with E-state index in [1.54, 1.807) is 54.3 Å². The van der Waals surface area contributed by atoms with E-state index < -0.39 is 8.80 Å². The van der Waals surface area contributed by atoms with Crippen LogP contribution in [0, 0.1) is 6.92 Å². The second kappa shape index (κ2) is 10.2. The van der Waals surface area contributed by atoms with Gasteiger partial charge in [0.25, 0.3) is 0 Å². The Kier molecular flexibility index (Phi) is 7.99. The molecule has 2 aromatic carbocycles. The molecule has 3 rings (SSSR count). The number of rotatable bonds is 10. The van der Waals surface area contributed by atoms with E-state index in [-0.39, 0.29) is 0 Å². The Morgan fingerprint density at radius 1 is 1.00 bits per heavy atom. The maximum absolute atomic E-state index is 5.54. The maximum atomic E-state index is 5.54. The molecule has 0 unspecified atom stereocenters. The molecule has 0 aliphatic carbocycles. The highest BCUT2D eigenvalue weighted by Gasteiger charge is 2.36. The first-order valence-corrected chi connectivity index (χ1v) is 13.9. The molecule has 0 saturated carbocycles. The van der Waals surface area contributed by atoms with Crippen molar-refractivity contribution >= 4 is 51.9 Å². The van der Waals surface area contributed by atoms with Gasteiger partial charge in [0.05, 0.1) is 10.2 Å². The molecule has 0 saturated heterocycles. The number of benzene rings is 2.